The minimum atomic E-state index is -4.35. The van der Waals surface area contributed by atoms with Crippen molar-refractivity contribution >= 4 is 6.09 Å². The number of carbonyl (C=O) groups is 1. The van der Waals surface area contributed by atoms with Crippen molar-refractivity contribution in [2.24, 2.45) is 5.73 Å². The molecule has 1 amide bonds. The number of amides is 1. The van der Waals surface area contributed by atoms with E-state index >= 15 is 0 Å². The Balaban J connectivity index is 1.98. The number of hydrogen-bond acceptors (Lipinski definition) is 4. The van der Waals surface area contributed by atoms with Crippen molar-refractivity contribution in [3.63, 3.8) is 0 Å². The summed E-state index contributed by atoms with van der Waals surface area (Å²) in [6.07, 6.45) is -4.09. The summed E-state index contributed by atoms with van der Waals surface area (Å²) in [6.45, 7) is 6.93. The molecule has 5 nitrogen and oxygen atoms in total. The first-order valence-corrected chi connectivity index (χ1v) is 8.60. The molecule has 1 aromatic carbocycles. The summed E-state index contributed by atoms with van der Waals surface area (Å²) in [6, 6.07) is 4.81. The summed E-state index contributed by atoms with van der Waals surface area (Å²) >= 11 is 0. The van der Waals surface area contributed by atoms with Crippen molar-refractivity contribution in [1.29, 1.82) is 0 Å². The van der Waals surface area contributed by atoms with Crippen LogP contribution in [0.1, 0.15) is 44.4 Å². The van der Waals surface area contributed by atoms with E-state index in [4.69, 9.17) is 10.5 Å². The summed E-state index contributed by atoms with van der Waals surface area (Å²) < 4.78 is 43.4. The predicted molar refractivity (Wildman–Crippen MR) is 92.6 cm³/mol. The van der Waals surface area contributed by atoms with Crippen LogP contribution in [0.25, 0.3) is 0 Å². The number of nitrogens with two attached hydrogens (primary N) is 1. The van der Waals surface area contributed by atoms with Crippen LogP contribution in [0.2, 0.25) is 0 Å². The van der Waals surface area contributed by atoms with E-state index in [2.05, 4.69) is 10.2 Å². The fraction of sp³-hybridized carbons (Fsp3) is 0.611. The molecule has 0 spiro atoms. The maximum atomic E-state index is 12.7. The van der Waals surface area contributed by atoms with Crippen LogP contribution in [0.3, 0.4) is 0 Å². The van der Waals surface area contributed by atoms with Crippen LogP contribution in [0.4, 0.5) is 18.0 Å². The van der Waals surface area contributed by atoms with E-state index in [1.54, 1.807) is 20.8 Å². The van der Waals surface area contributed by atoms with Gasteiger partial charge in [0.05, 0.1) is 5.56 Å². The second-order valence-corrected chi connectivity index (χ2v) is 7.50. The lowest BCUT2D eigenvalue weighted by Crippen LogP contribution is -2.41. The van der Waals surface area contributed by atoms with Crippen LogP contribution >= 0.6 is 0 Å². The number of hydrogen-bond donors (Lipinski definition) is 2. The summed E-state index contributed by atoms with van der Waals surface area (Å²) in [4.78, 5) is 14.0. The molecule has 0 radical (unpaired) electrons. The number of nitrogens with zero attached hydrogens (tertiary/aromatic N) is 1. The molecule has 1 aliphatic heterocycles. The SMILES string of the molecule is CC(C)(C)OC(=O)N[C@@H]1CCN([C@H](CN)c2ccc(C(F)(F)F)cc2)C1. The molecule has 0 unspecified atom stereocenters. The third-order valence-corrected chi connectivity index (χ3v) is 4.23. The quantitative estimate of drug-likeness (QED) is 0.850. The van der Waals surface area contributed by atoms with Crippen molar-refractivity contribution in [3.05, 3.63) is 35.4 Å². The average molecular weight is 373 g/mol. The summed E-state index contributed by atoms with van der Waals surface area (Å²) in [7, 11) is 0. The topological polar surface area (TPSA) is 67.6 Å². The van der Waals surface area contributed by atoms with Crippen molar-refractivity contribution < 1.29 is 22.7 Å². The van der Waals surface area contributed by atoms with E-state index in [9.17, 15) is 18.0 Å². The molecule has 0 bridgehead atoms. The fourth-order valence-electron chi connectivity index (χ4n) is 3.05. The van der Waals surface area contributed by atoms with Crippen LogP contribution in [0.5, 0.6) is 0 Å². The third kappa shape index (κ3) is 5.60. The van der Waals surface area contributed by atoms with Crippen LogP contribution in [0, 0.1) is 0 Å². The number of carbonyl (C=O) groups excluding carboxylic acids is 1. The Hall–Kier alpha value is -1.80. The molecule has 1 saturated heterocycles. The van der Waals surface area contributed by atoms with E-state index in [0.717, 1.165) is 24.1 Å². The maximum absolute atomic E-state index is 12.7. The molecule has 0 aliphatic carbocycles. The molecule has 3 N–H and O–H groups in total. The number of ether oxygens (including phenoxy) is 1. The number of halogens is 3. The number of benzene rings is 1. The zero-order chi connectivity index (χ0) is 19.5. The van der Waals surface area contributed by atoms with Gasteiger partial charge in [0.15, 0.2) is 0 Å². The van der Waals surface area contributed by atoms with Gasteiger partial charge in [-0.05, 0) is 44.9 Å². The van der Waals surface area contributed by atoms with Gasteiger partial charge >= 0.3 is 12.3 Å². The van der Waals surface area contributed by atoms with Gasteiger partial charge in [-0.3, -0.25) is 4.90 Å². The van der Waals surface area contributed by atoms with Crippen molar-refractivity contribution in [3.8, 4) is 0 Å². The lowest BCUT2D eigenvalue weighted by atomic mass is 10.0. The molecular formula is C18H26F3N3O2. The lowest BCUT2D eigenvalue weighted by molar-refractivity contribution is -0.137. The Bertz CT molecular complexity index is 612. The van der Waals surface area contributed by atoms with Gasteiger partial charge in [0.1, 0.15) is 5.60 Å². The van der Waals surface area contributed by atoms with Crippen molar-refractivity contribution in [2.75, 3.05) is 19.6 Å². The Kier molecular flexibility index (Phi) is 6.18. The van der Waals surface area contributed by atoms with Gasteiger partial charge in [-0.1, -0.05) is 12.1 Å². The molecule has 146 valence electrons. The summed E-state index contributed by atoms with van der Waals surface area (Å²) in [5.74, 6) is 0. The molecule has 2 atom stereocenters. The van der Waals surface area contributed by atoms with Gasteiger partial charge in [0.25, 0.3) is 0 Å². The van der Waals surface area contributed by atoms with E-state index in [-0.39, 0.29) is 18.6 Å². The highest BCUT2D eigenvalue weighted by Gasteiger charge is 2.32. The monoisotopic (exact) mass is 373 g/mol. The van der Waals surface area contributed by atoms with Gasteiger partial charge < -0.3 is 15.8 Å². The van der Waals surface area contributed by atoms with Gasteiger partial charge in [-0.25, -0.2) is 4.79 Å². The first kappa shape index (κ1) is 20.5. The minimum Gasteiger partial charge on any atom is -0.444 e. The predicted octanol–water partition coefficient (Wildman–Crippen LogP) is 3.30. The maximum Gasteiger partial charge on any atom is 0.416 e. The second-order valence-electron chi connectivity index (χ2n) is 7.50. The first-order chi connectivity index (χ1) is 12.0. The number of likely N-dealkylation sites (tertiary alicyclic amines) is 1. The highest BCUT2D eigenvalue weighted by Crippen LogP contribution is 2.31. The van der Waals surface area contributed by atoms with Crippen molar-refractivity contribution in [2.45, 2.75) is 51.1 Å². The van der Waals surface area contributed by atoms with Crippen molar-refractivity contribution in [1.82, 2.24) is 10.2 Å². The fourth-order valence-corrected chi connectivity index (χ4v) is 3.05. The molecule has 1 aliphatic rings. The van der Waals surface area contributed by atoms with Crippen LogP contribution < -0.4 is 11.1 Å². The van der Waals surface area contributed by atoms with E-state index < -0.39 is 23.4 Å². The van der Waals surface area contributed by atoms with Crippen LogP contribution in [0.15, 0.2) is 24.3 Å². The zero-order valence-electron chi connectivity index (χ0n) is 15.3. The van der Waals surface area contributed by atoms with Crippen LogP contribution in [-0.4, -0.2) is 42.3 Å². The average Bonchev–Trinajstić information content (AvgIpc) is 2.93. The highest BCUT2D eigenvalue weighted by atomic mass is 19.4. The molecule has 0 aromatic heterocycles. The summed E-state index contributed by atoms with van der Waals surface area (Å²) in [5, 5.41) is 2.83. The molecule has 1 aromatic rings. The van der Waals surface area contributed by atoms with E-state index in [0.29, 0.717) is 13.1 Å². The number of alkyl carbamates (subject to hydrolysis) is 1. The Morgan fingerprint density at radius 1 is 1.31 bits per heavy atom. The third-order valence-electron chi connectivity index (χ3n) is 4.23. The van der Waals surface area contributed by atoms with Gasteiger partial charge in [-0.2, -0.15) is 13.2 Å². The van der Waals surface area contributed by atoms with Gasteiger partial charge in [-0.15, -0.1) is 0 Å². The number of alkyl halides is 3. The standard InChI is InChI=1S/C18H26F3N3O2/c1-17(2,3)26-16(25)23-14-8-9-24(11-14)15(10-22)12-4-6-13(7-5-12)18(19,20)21/h4-7,14-15H,8-11,22H2,1-3H3,(H,23,25)/t14-,15-/m1/s1. The Morgan fingerprint density at radius 3 is 2.42 bits per heavy atom. The molecule has 8 heteroatoms. The van der Waals surface area contributed by atoms with Gasteiger partial charge in [0, 0.05) is 31.7 Å². The number of rotatable bonds is 4. The largest absolute Gasteiger partial charge is 0.444 e. The smallest absolute Gasteiger partial charge is 0.416 e. The van der Waals surface area contributed by atoms with E-state index in [1.165, 1.54) is 12.1 Å². The zero-order valence-corrected chi connectivity index (χ0v) is 15.3. The van der Waals surface area contributed by atoms with Crippen LogP contribution in [-0.2, 0) is 10.9 Å². The van der Waals surface area contributed by atoms with Gasteiger partial charge in [0.2, 0.25) is 0 Å². The lowest BCUT2D eigenvalue weighted by Gasteiger charge is -2.27. The molecule has 1 fully saturated rings. The molecule has 0 saturated carbocycles. The summed E-state index contributed by atoms with van der Waals surface area (Å²) in [5.41, 5.74) is 5.35. The first-order valence-electron chi connectivity index (χ1n) is 8.60. The minimum absolute atomic E-state index is 0.0756. The Morgan fingerprint density at radius 2 is 1.92 bits per heavy atom. The normalized spacial score (nSPS) is 20.0. The van der Waals surface area contributed by atoms with E-state index in [1.807, 2.05) is 0 Å². The molecule has 2 rings (SSSR count). The molecule has 26 heavy (non-hydrogen) atoms. The highest BCUT2D eigenvalue weighted by molar-refractivity contribution is 5.68. The number of nitrogens with one attached hydrogen (secondary N) is 1. The molecule has 1 heterocycles. The second kappa shape index (κ2) is 7.84. The molecular weight excluding hydrogens is 347 g/mol. The Labute approximate surface area is 151 Å².